The Morgan fingerprint density at radius 3 is 2.53 bits per heavy atom. The summed E-state index contributed by atoms with van der Waals surface area (Å²) in [7, 11) is 1.57. The van der Waals surface area contributed by atoms with Crippen molar-refractivity contribution >= 4 is 40.3 Å². The molecule has 0 aliphatic carbocycles. The molecule has 1 fully saturated rings. The molecule has 0 unspecified atom stereocenters. The number of thioether (sulfide) groups is 1. The van der Waals surface area contributed by atoms with E-state index in [2.05, 4.69) is 5.32 Å². The van der Waals surface area contributed by atoms with Crippen molar-refractivity contribution < 1.29 is 23.7 Å². The number of ether oxygens (including phenoxy) is 4. The Labute approximate surface area is 185 Å². The van der Waals surface area contributed by atoms with Gasteiger partial charge in [-0.3, -0.25) is 4.79 Å². The molecule has 158 valence electrons. The molecule has 0 bridgehead atoms. The van der Waals surface area contributed by atoms with E-state index in [1.165, 1.54) is 11.8 Å². The highest BCUT2D eigenvalue weighted by atomic mass is 32.2. The van der Waals surface area contributed by atoms with E-state index < -0.39 is 0 Å². The van der Waals surface area contributed by atoms with Crippen LogP contribution in [0.4, 0.5) is 0 Å². The quantitative estimate of drug-likeness (QED) is 0.337. The number of amides is 1. The van der Waals surface area contributed by atoms with Gasteiger partial charge in [0.2, 0.25) is 0 Å². The van der Waals surface area contributed by atoms with Crippen molar-refractivity contribution in [2.45, 2.75) is 6.92 Å². The smallest absolute Gasteiger partial charge is 0.263 e. The van der Waals surface area contributed by atoms with Crippen molar-refractivity contribution in [2.75, 3.05) is 33.5 Å². The van der Waals surface area contributed by atoms with E-state index in [9.17, 15) is 4.79 Å². The van der Waals surface area contributed by atoms with Crippen LogP contribution in [0.25, 0.3) is 6.08 Å². The maximum Gasteiger partial charge on any atom is 0.263 e. The molecule has 1 aliphatic heterocycles. The summed E-state index contributed by atoms with van der Waals surface area (Å²) in [5.74, 6) is 1.84. The van der Waals surface area contributed by atoms with Crippen molar-refractivity contribution in [1.82, 2.24) is 5.32 Å². The van der Waals surface area contributed by atoms with Gasteiger partial charge < -0.3 is 24.3 Å². The lowest BCUT2D eigenvalue weighted by molar-refractivity contribution is -0.115. The zero-order chi connectivity index (χ0) is 21.3. The van der Waals surface area contributed by atoms with Crippen molar-refractivity contribution in [3.63, 3.8) is 0 Å². The summed E-state index contributed by atoms with van der Waals surface area (Å²) in [6, 6.07) is 13.4. The fraction of sp³-hybridized carbons (Fsp3) is 0.273. The molecule has 1 amide bonds. The summed E-state index contributed by atoms with van der Waals surface area (Å²) >= 11 is 6.24. The van der Waals surface area contributed by atoms with Crippen LogP contribution in [0.3, 0.4) is 0 Å². The van der Waals surface area contributed by atoms with Crippen LogP contribution in [0.2, 0.25) is 0 Å². The zero-order valence-electron chi connectivity index (χ0n) is 16.8. The normalized spacial score (nSPS) is 14.7. The summed E-state index contributed by atoms with van der Waals surface area (Å²) in [4.78, 5) is 12.3. The second-order valence-electron chi connectivity index (χ2n) is 6.39. The largest absolute Gasteiger partial charge is 0.493 e. The van der Waals surface area contributed by atoms with Gasteiger partial charge in [0.05, 0.1) is 25.2 Å². The Kier molecular flexibility index (Phi) is 8.12. The molecule has 3 rings (SSSR count). The van der Waals surface area contributed by atoms with Gasteiger partial charge in [0.15, 0.2) is 11.5 Å². The molecule has 1 heterocycles. The average molecular weight is 446 g/mol. The fourth-order valence-electron chi connectivity index (χ4n) is 2.70. The van der Waals surface area contributed by atoms with E-state index in [-0.39, 0.29) is 5.91 Å². The molecule has 1 saturated heterocycles. The molecule has 8 heteroatoms. The molecular formula is C22H23NO5S2. The first kappa shape index (κ1) is 22.1. The predicted molar refractivity (Wildman–Crippen MR) is 122 cm³/mol. The number of rotatable bonds is 10. The van der Waals surface area contributed by atoms with Gasteiger partial charge in [-0.1, -0.05) is 42.2 Å². The number of methoxy groups -OCH3 is 1. The number of aryl methyl sites for hydroxylation is 1. The molecule has 1 aliphatic rings. The number of nitrogens with one attached hydrogen (secondary N) is 1. The molecule has 2 aromatic carbocycles. The molecule has 1 N–H and O–H groups in total. The topological polar surface area (TPSA) is 66.0 Å². The molecule has 2 aromatic rings. The standard InChI is InChI=1S/C22H23NO5S2/c1-15-4-3-5-17(12-15)27-10-8-26-9-11-28-18-7-6-16(13-19(18)25-2)14-20-21(24)23-22(29)30-20/h3-7,12-14H,8-11H2,1-2H3,(H,23,24,29)/b20-14-. The maximum atomic E-state index is 11.8. The number of carbonyl (C=O) groups excluding carboxylic acids is 1. The highest BCUT2D eigenvalue weighted by Gasteiger charge is 2.22. The lowest BCUT2D eigenvalue weighted by Crippen LogP contribution is -2.17. The van der Waals surface area contributed by atoms with Crippen molar-refractivity contribution in [3.8, 4) is 17.2 Å². The highest BCUT2D eigenvalue weighted by molar-refractivity contribution is 8.26. The lowest BCUT2D eigenvalue weighted by atomic mass is 10.2. The number of hydrogen-bond acceptors (Lipinski definition) is 7. The second kappa shape index (κ2) is 11.0. The van der Waals surface area contributed by atoms with Crippen LogP contribution in [0.15, 0.2) is 47.4 Å². The number of benzene rings is 2. The van der Waals surface area contributed by atoms with E-state index in [1.807, 2.05) is 49.4 Å². The monoisotopic (exact) mass is 445 g/mol. The van der Waals surface area contributed by atoms with Crippen LogP contribution in [-0.4, -0.2) is 43.8 Å². The third kappa shape index (κ3) is 6.48. The molecule has 0 saturated carbocycles. The third-order valence-corrected chi connectivity index (χ3v) is 5.26. The molecule has 0 aromatic heterocycles. The predicted octanol–water partition coefficient (Wildman–Crippen LogP) is 3.97. The van der Waals surface area contributed by atoms with Gasteiger partial charge >= 0.3 is 0 Å². The fourth-order valence-corrected chi connectivity index (χ4v) is 3.75. The van der Waals surface area contributed by atoms with Crippen LogP contribution < -0.4 is 19.5 Å². The van der Waals surface area contributed by atoms with Gasteiger partial charge in [0.25, 0.3) is 5.91 Å². The van der Waals surface area contributed by atoms with Gasteiger partial charge in [-0.2, -0.15) is 0 Å². The first-order valence-corrected chi connectivity index (χ1v) is 10.6. The first-order chi connectivity index (χ1) is 14.5. The summed E-state index contributed by atoms with van der Waals surface area (Å²) in [5.41, 5.74) is 1.98. The summed E-state index contributed by atoms with van der Waals surface area (Å²) in [6.45, 7) is 3.79. The summed E-state index contributed by atoms with van der Waals surface area (Å²) in [5, 5.41) is 2.60. The van der Waals surface area contributed by atoms with Gasteiger partial charge in [-0.15, -0.1) is 0 Å². The first-order valence-electron chi connectivity index (χ1n) is 9.38. The second-order valence-corrected chi connectivity index (χ2v) is 8.11. The average Bonchev–Trinajstić information content (AvgIpc) is 3.04. The van der Waals surface area contributed by atoms with E-state index in [4.69, 9.17) is 31.2 Å². The van der Waals surface area contributed by atoms with Crippen LogP contribution in [0.1, 0.15) is 11.1 Å². The van der Waals surface area contributed by atoms with Crippen molar-refractivity contribution in [3.05, 3.63) is 58.5 Å². The molecule has 0 radical (unpaired) electrons. The molecule has 6 nitrogen and oxygen atoms in total. The number of carbonyl (C=O) groups is 1. The SMILES string of the molecule is COc1cc(/C=C2\SC(=S)NC2=O)ccc1OCCOCCOc1cccc(C)c1. The minimum Gasteiger partial charge on any atom is -0.493 e. The molecule has 30 heavy (non-hydrogen) atoms. The van der Waals surface area contributed by atoms with Crippen molar-refractivity contribution in [2.24, 2.45) is 0 Å². The van der Waals surface area contributed by atoms with Crippen LogP contribution >= 0.6 is 24.0 Å². The Hall–Kier alpha value is -2.55. The molecular weight excluding hydrogens is 422 g/mol. The Bertz CT molecular complexity index is 945. The van der Waals surface area contributed by atoms with Crippen molar-refractivity contribution in [1.29, 1.82) is 0 Å². The van der Waals surface area contributed by atoms with Gasteiger partial charge in [-0.05, 0) is 48.4 Å². The minimum atomic E-state index is -0.187. The molecule has 0 atom stereocenters. The minimum absolute atomic E-state index is 0.187. The number of thiocarbonyl (C=S) groups is 1. The van der Waals surface area contributed by atoms with Crippen LogP contribution in [0.5, 0.6) is 17.2 Å². The summed E-state index contributed by atoms with van der Waals surface area (Å²) in [6.07, 6.45) is 1.77. The van der Waals surface area contributed by atoms with E-state index in [0.29, 0.717) is 47.2 Å². The van der Waals surface area contributed by atoms with Gasteiger partial charge in [0.1, 0.15) is 23.3 Å². The Balaban J connectivity index is 1.42. The zero-order valence-corrected chi connectivity index (χ0v) is 18.4. The van der Waals surface area contributed by atoms with E-state index in [1.54, 1.807) is 13.2 Å². The molecule has 0 spiro atoms. The third-order valence-electron chi connectivity index (χ3n) is 4.10. The van der Waals surface area contributed by atoms with Crippen LogP contribution in [0, 0.1) is 6.92 Å². The number of hydrogen-bond donors (Lipinski definition) is 1. The summed E-state index contributed by atoms with van der Waals surface area (Å²) < 4.78 is 22.8. The lowest BCUT2D eigenvalue weighted by Gasteiger charge is -2.12. The van der Waals surface area contributed by atoms with Gasteiger partial charge in [-0.25, -0.2) is 0 Å². The maximum absolute atomic E-state index is 11.8. The van der Waals surface area contributed by atoms with Gasteiger partial charge in [0, 0.05) is 0 Å². The Morgan fingerprint density at radius 2 is 1.83 bits per heavy atom. The Morgan fingerprint density at radius 1 is 1.03 bits per heavy atom. The van der Waals surface area contributed by atoms with E-state index >= 15 is 0 Å². The van der Waals surface area contributed by atoms with Crippen LogP contribution in [-0.2, 0) is 9.53 Å². The highest BCUT2D eigenvalue weighted by Crippen LogP contribution is 2.31. The van der Waals surface area contributed by atoms with E-state index in [0.717, 1.165) is 16.9 Å².